The Hall–Kier alpha value is -0.370. The predicted molar refractivity (Wildman–Crippen MR) is 57.0 cm³/mol. The average molecular weight is 198 g/mol. The zero-order valence-electron chi connectivity index (χ0n) is 9.76. The van der Waals surface area contributed by atoms with Gasteiger partial charge in [0.15, 0.2) is 0 Å². The molecule has 1 aliphatic rings. The van der Waals surface area contributed by atoms with Gasteiger partial charge in [-0.25, -0.2) is 0 Å². The van der Waals surface area contributed by atoms with E-state index in [-0.39, 0.29) is 11.2 Å². The summed E-state index contributed by atoms with van der Waals surface area (Å²) in [6.07, 6.45) is 3.28. The number of carbonyl (C=O) groups is 1. The van der Waals surface area contributed by atoms with E-state index in [0.717, 1.165) is 25.7 Å². The average Bonchev–Trinajstić information content (AvgIpc) is 2.02. The lowest BCUT2D eigenvalue weighted by Gasteiger charge is -2.48. The van der Waals surface area contributed by atoms with Gasteiger partial charge in [-0.3, -0.25) is 4.79 Å². The maximum absolute atomic E-state index is 11.8. The Morgan fingerprint density at radius 1 is 1.36 bits per heavy atom. The molecule has 1 fully saturated rings. The monoisotopic (exact) mass is 198 g/mol. The highest BCUT2D eigenvalue weighted by molar-refractivity contribution is 5.84. The molecule has 0 amide bonds. The smallest absolute Gasteiger partial charge is 0.139 e. The van der Waals surface area contributed by atoms with Gasteiger partial charge in [-0.05, 0) is 25.2 Å². The molecule has 2 nitrogen and oxygen atoms in total. The fourth-order valence-corrected chi connectivity index (χ4v) is 2.97. The molecule has 1 rings (SSSR count). The van der Waals surface area contributed by atoms with Crippen molar-refractivity contribution in [1.29, 1.82) is 0 Å². The first-order valence-electron chi connectivity index (χ1n) is 5.51. The normalized spacial score (nSPS) is 34.2. The second kappa shape index (κ2) is 3.65. The summed E-state index contributed by atoms with van der Waals surface area (Å²) in [5.41, 5.74) is -0.649. The van der Waals surface area contributed by atoms with Crippen molar-refractivity contribution in [2.75, 3.05) is 0 Å². The fourth-order valence-electron chi connectivity index (χ4n) is 2.97. The van der Waals surface area contributed by atoms with Gasteiger partial charge in [0.2, 0.25) is 0 Å². The van der Waals surface area contributed by atoms with Crippen LogP contribution in [0, 0.1) is 10.8 Å². The molecule has 2 atom stereocenters. The van der Waals surface area contributed by atoms with Gasteiger partial charge < -0.3 is 5.11 Å². The van der Waals surface area contributed by atoms with Gasteiger partial charge in [0.25, 0.3) is 0 Å². The highest BCUT2D eigenvalue weighted by atomic mass is 16.3. The zero-order chi connectivity index (χ0) is 11.0. The molecule has 0 saturated heterocycles. The Bertz CT molecular complexity index is 227. The van der Waals surface area contributed by atoms with Gasteiger partial charge in [0, 0.05) is 0 Å². The lowest BCUT2D eigenvalue weighted by molar-refractivity contribution is -0.150. The van der Waals surface area contributed by atoms with Gasteiger partial charge >= 0.3 is 0 Å². The predicted octanol–water partition coefficient (Wildman–Crippen LogP) is 2.54. The Balaban J connectivity index is 3.08. The minimum Gasteiger partial charge on any atom is -0.392 e. The summed E-state index contributed by atoms with van der Waals surface area (Å²) in [7, 11) is 0. The van der Waals surface area contributed by atoms with Gasteiger partial charge in [-0.2, -0.15) is 0 Å². The number of hydrogen-bond acceptors (Lipinski definition) is 2. The SMILES string of the molecule is CC(=O)[C@]1(C(C)(C)C)CCCC[C@@H]1O. The third kappa shape index (κ3) is 1.60. The first kappa shape index (κ1) is 11.7. The van der Waals surface area contributed by atoms with E-state index in [1.54, 1.807) is 6.92 Å². The van der Waals surface area contributed by atoms with Crippen LogP contribution in [-0.2, 0) is 4.79 Å². The van der Waals surface area contributed by atoms with Crippen LogP contribution in [0.5, 0.6) is 0 Å². The van der Waals surface area contributed by atoms with Gasteiger partial charge in [-0.15, -0.1) is 0 Å². The van der Waals surface area contributed by atoms with Crippen LogP contribution in [0.3, 0.4) is 0 Å². The first-order chi connectivity index (χ1) is 6.32. The number of carbonyl (C=O) groups excluding carboxylic acids is 1. The lowest BCUT2D eigenvalue weighted by Crippen LogP contribution is -2.52. The molecule has 1 saturated carbocycles. The van der Waals surface area contributed by atoms with E-state index in [1.807, 2.05) is 0 Å². The van der Waals surface area contributed by atoms with E-state index in [2.05, 4.69) is 20.8 Å². The number of rotatable bonds is 1. The van der Waals surface area contributed by atoms with Gasteiger partial charge in [0.1, 0.15) is 5.78 Å². The maximum Gasteiger partial charge on any atom is 0.139 e. The largest absolute Gasteiger partial charge is 0.392 e. The van der Waals surface area contributed by atoms with Crippen LogP contribution < -0.4 is 0 Å². The lowest BCUT2D eigenvalue weighted by atomic mass is 9.56. The molecule has 0 aromatic carbocycles. The molecule has 2 heteroatoms. The maximum atomic E-state index is 11.8. The van der Waals surface area contributed by atoms with Crippen molar-refractivity contribution >= 4 is 5.78 Å². The summed E-state index contributed by atoms with van der Waals surface area (Å²) in [5, 5.41) is 10.1. The van der Waals surface area contributed by atoms with Crippen LogP contribution in [-0.4, -0.2) is 17.0 Å². The van der Waals surface area contributed by atoms with Crippen molar-refractivity contribution in [3.8, 4) is 0 Å². The molecule has 0 bridgehead atoms. The van der Waals surface area contributed by atoms with Crippen molar-refractivity contribution in [1.82, 2.24) is 0 Å². The molecule has 0 aromatic rings. The van der Waals surface area contributed by atoms with E-state index in [0.29, 0.717) is 0 Å². The third-order valence-electron chi connectivity index (χ3n) is 3.83. The Morgan fingerprint density at radius 2 is 1.93 bits per heavy atom. The van der Waals surface area contributed by atoms with Crippen molar-refractivity contribution in [2.24, 2.45) is 10.8 Å². The standard InChI is InChI=1S/C12H22O2/c1-9(13)12(11(2,3)4)8-6-5-7-10(12)14/h10,14H,5-8H2,1-4H3/t10-,12+/m0/s1. The minimum atomic E-state index is -0.509. The summed E-state index contributed by atoms with van der Waals surface area (Å²) < 4.78 is 0. The zero-order valence-corrected chi connectivity index (χ0v) is 9.76. The van der Waals surface area contributed by atoms with Crippen molar-refractivity contribution in [3.05, 3.63) is 0 Å². The summed E-state index contributed by atoms with van der Waals surface area (Å²) in [6.45, 7) is 7.80. The highest BCUT2D eigenvalue weighted by Crippen LogP contribution is 2.50. The molecule has 0 aliphatic heterocycles. The second-order valence-electron chi connectivity index (χ2n) is 5.54. The molecule has 1 aliphatic carbocycles. The topological polar surface area (TPSA) is 37.3 Å². The number of hydrogen-bond donors (Lipinski definition) is 1. The van der Waals surface area contributed by atoms with E-state index >= 15 is 0 Å². The van der Waals surface area contributed by atoms with Crippen molar-refractivity contribution < 1.29 is 9.90 Å². The van der Waals surface area contributed by atoms with E-state index in [4.69, 9.17) is 0 Å². The quantitative estimate of drug-likeness (QED) is 0.703. The Morgan fingerprint density at radius 3 is 2.21 bits per heavy atom. The van der Waals surface area contributed by atoms with Crippen molar-refractivity contribution in [2.45, 2.75) is 59.5 Å². The molecule has 0 unspecified atom stereocenters. The first-order valence-corrected chi connectivity index (χ1v) is 5.51. The molecule has 0 spiro atoms. The number of aliphatic hydroxyl groups excluding tert-OH is 1. The Labute approximate surface area is 86.7 Å². The molecule has 0 aromatic heterocycles. The second-order valence-corrected chi connectivity index (χ2v) is 5.54. The summed E-state index contributed by atoms with van der Waals surface area (Å²) in [4.78, 5) is 11.8. The molecular formula is C12H22O2. The molecule has 82 valence electrons. The summed E-state index contributed by atoms with van der Waals surface area (Å²) in [5.74, 6) is 0.150. The van der Waals surface area contributed by atoms with Crippen LogP contribution in [0.25, 0.3) is 0 Å². The third-order valence-corrected chi connectivity index (χ3v) is 3.83. The van der Waals surface area contributed by atoms with Crippen LogP contribution in [0.15, 0.2) is 0 Å². The van der Waals surface area contributed by atoms with E-state index in [9.17, 15) is 9.90 Å². The molecular weight excluding hydrogens is 176 g/mol. The fraction of sp³-hybridized carbons (Fsp3) is 0.917. The minimum absolute atomic E-state index is 0.140. The van der Waals surface area contributed by atoms with E-state index in [1.165, 1.54) is 0 Å². The molecule has 0 radical (unpaired) electrons. The number of ketones is 1. The van der Waals surface area contributed by atoms with Crippen LogP contribution in [0.2, 0.25) is 0 Å². The van der Waals surface area contributed by atoms with Crippen LogP contribution in [0.4, 0.5) is 0 Å². The van der Waals surface area contributed by atoms with Crippen LogP contribution in [0.1, 0.15) is 53.4 Å². The Kier molecular flexibility index (Phi) is 3.05. The van der Waals surface area contributed by atoms with Crippen LogP contribution >= 0.6 is 0 Å². The summed E-state index contributed by atoms with van der Waals surface area (Å²) >= 11 is 0. The number of Topliss-reactive ketones (excluding diaryl/α,β-unsaturated/α-hetero) is 1. The molecule has 14 heavy (non-hydrogen) atoms. The van der Waals surface area contributed by atoms with Gasteiger partial charge in [0.05, 0.1) is 11.5 Å². The molecule has 1 N–H and O–H groups in total. The highest BCUT2D eigenvalue weighted by Gasteiger charge is 2.52. The van der Waals surface area contributed by atoms with Crippen molar-refractivity contribution in [3.63, 3.8) is 0 Å². The van der Waals surface area contributed by atoms with E-state index < -0.39 is 11.5 Å². The van der Waals surface area contributed by atoms with Gasteiger partial charge in [-0.1, -0.05) is 33.6 Å². The molecule has 0 heterocycles. The number of aliphatic hydroxyl groups is 1. The summed E-state index contributed by atoms with van der Waals surface area (Å²) in [6, 6.07) is 0.